The van der Waals surface area contributed by atoms with Crippen molar-refractivity contribution >= 4 is 5.95 Å². The molecule has 0 spiro atoms. The van der Waals surface area contributed by atoms with Crippen LogP contribution in [0.2, 0.25) is 0 Å². The zero-order valence-electron chi connectivity index (χ0n) is 11.6. The Labute approximate surface area is 109 Å². The molecule has 1 aliphatic rings. The molecule has 5 nitrogen and oxygen atoms in total. The number of nitrogens with two attached hydrogens (primary N) is 1. The van der Waals surface area contributed by atoms with Crippen LogP contribution >= 0.6 is 0 Å². The van der Waals surface area contributed by atoms with Gasteiger partial charge in [-0.1, -0.05) is 0 Å². The second-order valence-electron chi connectivity index (χ2n) is 4.76. The molecular weight excluding hydrogens is 226 g/mol. The van der Waals surface area contributed by atoms with Gasteiger partial charge >= 0.3 is 0 Å². The van der Waals surface area contributed by atoms with Gasteiger partial charge in [-0.3, -0.25) is 0 Å². The maximum absolute atomic E-state index is 5.84. The first kappa shape index (κ1) is 13.2. The average molecular weight is 249 g/mol. The van der Waals surface area contributed by atoms with Crippen LogP contribution in [0.3, 0.4) is 0 Å². The number of fused-ring (bicyclic) bond motifs is 1. The van der Waals surface area contributed by atoms with Gasteiger partial charge in [-0.2, -0.15) is 0 Å². The van der Waals surface area contributed by atoms with Crippen molar-refractivity contribution in [2.45, 2.75) is 33.4 Å². The summed E-state index contributed by atoms with van der Waals surface area (Å²) in [5.74, 6) is 0.837. The molecule has 0 aliphatic carbocycles. The fourth-order valence-electron chi connectivity index (χ4n) is 2.42. The molecule has 0 saturated heterocycles. The molecule has 18 heavy (non-hydrogen) atoms. The van der Waals surface area contributed by atoms with Crippen LogP contribution in [0.5, 0.6) is 0 Å². The average Bonchev–Trinajstić information content (AvgIpc) is 2.39. The lowest BCUT2D eigenvalue weighted by Gasteiger charge is -2.28. The Balaban J connectivity index is 2.41. The SMILES string of the molecule is CCN(CC)c1nc(CN)c2c(n1)CCN(C)C2. The largest absolute Gasteiger partial charge is 0.341 e. The van der Waals surface area contributed by atoms with E-state index in [2.05, 4.69) is 35.7 Å². The second-order valence-corrected chi connectivity index (χ2v) is 4.76. The number of likely N-dealkylation sites (N-methyl/N-ethyl adjacent to an activating group) is 1. The number of nitrogens with zero attached hydrogens (tertiary/aromatic N) is 4. The minimum atomic E-state index is 0.493. The van der Waals surface area contributed by atoms with Gasteiger partial charge in [-0.25, -0.2) is 9.97 Å². The summed E-state index contributed by atoms with van der Waals surface area (Å²) in [5, 5.41) is 0. The molecule has 2 heterocycles. The molecule has 2 N–H and O–H groups in total. The fraction of sp³-hybridized carbons (Fsp3) is 0.692. The lowest BCUT2D eigenvalue weighted by Crippen LogP contribution is -2.32. The van der Waals surface area contributed by atoms with Crippen LogP contribution in [0.1, 0.15) is 30.8 Å². The van der Waals surface area contributed by atoms with Crippen molar-refractivity contribution in [1.29, 1.82) is 0 Å². The van der Waals surface area contributed by atoms with Crippen LogP contribution in [-0.4, -0.2) is 41.5 Å². The Kier molecular flexibility index (Phi) is 4.14. The van der Waals surface area contributed by atoms with Crippen LogP contribution in [0.4, 0.5) is 5.95 Å². The van der Waals surface area contributed by atoms with Crippen molar-refractivity contribution in [1.82, 2.24) is 14.9 Å². The van der Waals surface area contributed by atoms with Crippen LogP contribution in [0, 0.1) is 0 Å². The highest BCUT2D eigenvalue weighted by Crippen LogP contribution is 2.22. The lowest BCUT2D eigenvalue weighted by atomic mass is 10.0. The third kappa shape index (κ3) is 2.47. The zero-order chi connectivity index (χ0) is 13.1. The molecule has 2 rings (SSSR count). The van der Waals surface area contributed by atoms with E-state index >= 15 is 0 Å². The smallest absolute Gasteiger partial charge is 0.225 e. The molecule has 0 bridgehead atoms. The Morgan fingerprint density at radius 3 is 2.61 bits per heavy atom. The van der Waals surface area contributed by atoms with Gasteiger partial charge < -0.3 is 15.5 Å². The van der Waals surface area contributed by atoms with E-state index in [1.807, 2.05) is 0 Å². The van der Waals surface area contributed by atoms with E-state index in [0.717, 1.165) is 44.2 Å². The maximum atomic E-state index is 5.84. The van der Waals surface area contributed by atoms with Gasteiger partial charge in [0.25, 0.3) is 0 Å². The van der Waals surface area contributed by atoms with Crippen LogP contribution < -0.4 is 10.6 Å². The monoisotopic (exact) mass is 249 g/mol. The first-order valence-corrected chi connectivity index (χ1v) is 6.71. The molecule has 0 fully saturated rings. The third-order valence-electron chi connectivity index (χ3n) is 3.56. The quantitative estimate of drug-likeness (QED) is 0.854. The number of aromatic nitrogens is 2. The van der Waals surface area contributed by atoms with Gasteiger partial charge in [0.15, 0.2) is 0 Å². The highest BCUT2D eigenvalue weighted by molar-refractivity contribution is 5.38. The molecule has 100 valence electrons. The minimum absolute atomic E-state index is 0.493. The molecule has 0 unspecified atom stereocenters. The van der Waals surface area contributed by atoms with E-state index in [1.165, 1.54) is 11.3 Å². The molecule has 5 heteroatoms. The van der Waals surface area contributed by atoms with E-state index in [9.17, 15) is 0 Å². The summed E-state index contributed by atoms with van der Waals surface area (Å²) in [6.45, 7) is 8.59. The summed E-state index contributed by atoms with van der Waals surface area (Å²) >= 11 is 0. The molecule has 0 aromatic carbocycles. The third-order valence-corrected chi connectivity index (χ3v) is 3.56. The van der Waals surface area contributed by atoms with Gasteiger partial charge in [0, 0.05) is 44.7 Å². The predicted octanol–water partition coefficient (Wildman–Crippen LogP) is 0.769. The van der Waals surface area contributed by atoms with Crippen molar-refractivity contribution in [3.63, 3.8) is 0 Å². The van der Waals surface area contributed by atoms with E-state index in [0.29, 0.717) is 6.54 Å². The van der Waals surface area contributed by atoms with Gasteiger partial charge in [0.2, 0.25) is 5.95 Å². The highest BCUT2D eigenvalue weighted by Gasteiger charge is 2.20. The van der Waals surface area contributed by atoms with E-state index < -0.39 is 0 Å². The van der Waals surface area contributed by atoms with Crippen molar-refractivity contribution in [3.8, 4) is 0 Å². The topological polar surface area (TPSA) is 58.3 Å². The van der Waals surface area contributed by atoms with Crippen LogP contribution in [-0.2, 0) is 19.5 Å². The number of anilines is 1. The van der Waals surface area contributed by atoms with Crippen molar-refractivity contribution < 1.29 is 0 Å². The lowest BCUT2D eigenvalue weighted by molar-refractivity contribution is 0.307. The maximum Gasteiger partial charge on any atom is 0.225 e. The highest BCUT2D eigenvalue weighted by atomic mass is 15.2. The molecule has 0 radical (unpaired) electrons. The summed E-state index contributed by atoms with van der Waals surface area (Å²) < 4.78 is 0. The molecule has 1 aromatic heterocycles. The van der Waals surface area contributed by atoms with Crippen molar-refractivity contribution in [2.24, 2.45) is 5.73 Å². The van der Waals surface area contributed by atoms with Gasteiger partial charge in [0.1, 0.15) is 0 Å². The Morgan fingerprint density at radius 1 is 1.28 bits per heavy atom. The van der Waals surface area contributed by atoms with Crippen LogP contribution in [0.25, 0.3) is 0 Å². The zero-order valence-corrected chi connectivity index (χ0v) is 11.6. The molecular formula is C13H23N5. The summed E-state index contributed by atoms with van der Waals surface area (Å²) in [7, 11) is 2.13. The summed E-state index contributed by atoms with van der Waals surface area (Å²) in [4.78, 5) is 13.8. The van der Waals surface area contributed by atoms with E-state index in [-0.39, 0.29) is 0 Å². The molecule has 0 amide bonds. The van der Waals surface area contributed by atoms with Gasteiger partial charge in [0.05, 0.1) is 11.4 Å². The normalized spacial score (nSPS) is 15.6. The number of rotatable bonds is 4. The Morgan fingerprint density at radius 2 is 2.00 bits per heavy atom. The second kappa shape index (κ2) is 5.63. The minimum Gasteiger partial charge on any atom is -0.341 e. The van der Waals surface area contributed by atoms with Gasteiger partial charge in [-0.15, -0.1) is 0 Å². The summed E-state index contributed by atoms with van der Waals surface area (Å²) in [6, 6.07) is 0. The number of hydrogen-bond acceptors (Lipinski definition) is 5. The first-order valence-electron chi connectivity index (χ1n) is 6.71. The molecule has 1 aromatic rings. The van der Waals surface area contributed by atoms with Crippen LogP contribution in [0.15, 0.2) is 0 Å². The predicted molar refractivity (Wildman–Crippen MR) is 73.5 cm³/mol. The Hall–Kier alpha value is -1.20. The first-order chi connectivity index (χ1) is 8.69. The van der Waals surface area contributed by atoms with E-state index in [4.69, 9.17) is 10.7 Å². The van der Waals surface area contributed by atoms with Gasteiger partial charge in [-0.05, 0) is 20.9 Å². The standard InChI is InChI=1S/C13H23N5/c1-4-18(5-2)13-15-11-6-7-17(3)9-10(11)12(8-14)16-13/h4-9,14H2,1-3H3. The summed E-state index contributed by atoms with van der Waals surface area (Å²) in [5.41, 5.74) is 9.28. The number of hydrogen-bond donors (Lipinski definition) is 1. The molecule has 0 saturated carbocycles. The van der Waals surface area contributed by atoms with E-state index in [1.54, 1.807) is 0 Å². The molecule has 1 aliphatic heterocycles. The van der Waals surface area contributed by atoms with Crippen molar-refractivity contribution in [3.05, 3.63) is 17.0 Å². The fourth-order valence-corrected chi connectivity index (χ4v) is 2.42. The Bertz CT molecular complexity index is 397. The molecule has 0 atom stereocenters. The summed E-state index contributed by atoms with van der Waals surface area (Å²) in [6.07, 6.45) is 0.996. The van der Waals surface area contributed by atoms with Crippen molar-refractivity contribution in [2.75, 3.05) is 31.6 Å².